The van der Waals surface area contributed by atoms with E-state index in [0.717, 1.165) is 31.2 Å². The fraction of sp³-hybridized carbons (Fsp3) is 0.259. The molecule has 0 heterocycles. The van der Waals surface area contributed by atoms with Gasteiger partial charge in [-0.2, -0.15) is 0 Å². The summed E-state index contributed by atoms with van der Waals surface area (Å²) in [7, 11) is -4.06. The van der Waals surface area contributed by atoms with E-state index in [1.165, 1.54) is 24.6 Å². The van der Waals surface area contributed by atoms with Gasteiger partial charge in [-0.05, 0) is 61.7 Å². The molecule has 1 aliphatic rings. The Balaban J connectivity index is 1.55. The third kappa shape index (κ3) is 6.06. The van der Waals surface area contributed by atoms with Crippen LogP contribution in [-0.4, -0.2) is 26.3 Å². The van der Waals surface area contributed by atoms with Gasteiger partial charge in [0.1, 0.15) is 4.90 Å². The average molecular weight is 526 g/mol. The van der Waals surface area contributed by atoms with E-state index in [-0.39, 0.29) is 27.4 Å². The van der Waals surface area contributed by atoms with Crippen LogP contribution >= 0.6 is 11.6 Å². The molecule has 1 fully saturated rings. The van der Waals surface area contributed by atoms with Crippen molar-refractivity contribution in [2.45, 2.75) is 50.0 Å². The second-order valence-electron chi connectivity index (χ2n) is 8.87. The minimum atomic E-state index is -4.06. The van der Waals surface area contributed by atoms with Crippen LogP contribution in [0.3, 0.4) is 0 Å². The number of aryl methyl sites for hydroxylation is 1. The van der Waals surface area contributed by atoms with Gasteiger partial charge in [0.15, 0.2) is 0 Å². The summed E-state index contributed by atoms with van der Waals surface area (Å²) in [5.41, 5.74) is 1.94. The molecule has 0 radical (unpaired) electrons. The van der Waals surface area contributed by atoms with Crippen molar-refractivity contribution in [1.82, 2.24) is 5.32 Å². The van der Waals surface area contributed by atoms with Gasteiger partial charge in [0.2, 0.25) is 0 Å². The monoisotopic (exact) mass is 525 g/mol. The Morgan fingerprint density at radius 1 is 0.861 bits per heavy atom. The first kappa shape index (κ1) is 25.7. The van der Waals surface area contributed by atoms with Crippen molar-refractivity contribution in [3.05, 3.63) is 88.4 Å². The molecule has 9 heteroatoms. The van der Waals surface area contributed by atoms with Crippen molar-refractivity contribution in [2.75, 3.05) is 10.0 Å². The zero-order valence-electron chi connectivity index (χ0n) is 19.9. The fourth-order valence-electron chi connectivity index (χ4n) is 4.23. The van der Waals surface area contributed by atoms with E-state index in [9.17, 15) is 18.0 Å². The molecule has 3 N–H and O–H groups in total. The Kier molecular flexibility index (Phi) is 7.96. The van der Waals surface area contributed by atoms with E-state index < -0.39 is 15.9 Å². The van der Waals surface area contributed by atoms with Crippen molar-refractivity contribution in [2.24, 2.45) is 0 Å². The highest BCUT2D eigenvalue weighted by atomic mass is 35.5. The smallest absolute Gasteiger partial charge is 0.263 e. The predicted molar refractivity (Wildman–Crippen MR) is 142 cm³/mol. The lowest BCUT2D eigenvalue weighted by atomic mass is 9.95. The lowest BCUT2D eigenvalue weighted by Gasteiger charge is -2.23. The van der Waals surface area contributed by atoms with Crippen LogP contribution < -0.4 is 15.4 Å². The van der Waals surface area contributed by atoms with E-state index in [4.69, 9.17) is 11.6 Å². The minimum Gasteiger partial charge on any atom is -0.349 e. The summed E-state index contributed by atoms with van der Waals surface area (Å²) < 4.78 is 28.6. The molecule has 0 unspecified atom stereocenters. The standard InChI is InChI=1S/C27H28ClN3O4S/c1-18-9-5-7-13-23(18)31-36(34,35)25-17-19(15-16-22(25)28)26(32)30-24-14-8-6-12-21(24)27(33)29-20-10-3-2-4-11-20/h5-9,12-17,20,31H,2-4,10-11H2,1H3,(H,29,33)(H,30,32). The highest BCUT2D eigenvalue weighted by Gasteiger charge is 2.23. The van der Waals surface area contributed by atoms with Gasteiger partial charge in [0.25, 0.3) is 21.8 Å². The largest absolute Gasteiger partial charge is 0.349 e. The first-order chi connectivity index (χ1) is 17.2. The zero-order chi connectivity index (χ0) is 25.7. The molecular weight excluding hydrogens is 498 g/mol. The van der Waals surface area contributed by atoms with Crippen LogP contribution in [0, 0.1) is 6.92 Å². The van der Waals surface area contributed by atoms with Crippen LogP contribution in [0.1, 0.15) is 58.4 Å². The van der Waals surface area contributed by atoms with Crippen LogP contribution in [-0.2, 0) is 10.0 Å². The Morgan fingerprint density at radius 2 is 1.53 bits per heavy atom. The first-order valence-electron chi connectivity index (χ1n) is 11.8. The Bertz CT molecular complexity index is 1390. The van der Waals surface area contributed by atoms with Gasteiger partial charge in [-0.1, -0.05) is 61.2 Å². The molecule has 0 bridgehead atoms. The summed E-state index contributed by atoms with van der Waals surface area (Å²) in [6, 6.07) is 17.8. The topological polar surface area (TPSA) is 104 Å². The number of hydrogen-bond donors (Lipinski definition) is 3. The summed E-state index contributed by atoms with van der Waals surface area (Å²) in [5.74, 6) is -0.809. The highest BCUT2D eigenvalue weighted by molar-refractivity contribution is 7.92. The third-order valence-electron chi connectivity index (χ3n) is 6.23. The Hall–Kier alpha value is -3.36. The zero-order valence-corrected chi connectivity index (χ0v) is 21.5. The number of rotatable bonds is 7. The maximum absolute atomic E-state index is 13.1. The van der Waals surface area contributed by atoms with Gasteiger partial charge < -0.3 is 10.6 Å². The van der Waals surface area contributed by atoms with Gasteiger partial charge in [0, 0.05) is 11.6 Å². The molecule has 0 spiro atoms. The Morgan fingerprint density at radius 3 is 2.25 bits per heavy atom. The molecule has 0 aromatic heterocycles. The van der Waals surface area contributed by atoms with Crippen molar-refractivity contribution in [3.63, 3.8) is 0 Å². The molecule has 3 aromatic rings. The van der Waals surface area contributed by atoms with Gasteiger partial charge in [-0.25, -0.2) is 8.42 Å². The van der Waals surface area contributed by atoms with E-state index >= 15 is 0 Å². The number of carbonyl (C=O) groups excluding carboxylic acids is 2. The van der Waals surface area contributed by atoms with Crippen LogP contribution in [0.15, 0.2) is 71.6 Å². The second-order valence-corrected chi connectivity index (χ2v) is 10.9. The number of anilines is 2. The number of hydrogen-bond acceptors (Lipinski definition) is 4. The SMILES string of the molecule is Cc1ccccc1NS(=O)(=O)c1cc(C(=O)Nc2ccccc2C(=O)NC2CCCCC2)ccc1Cl. The molecule has 1 saturated carbocycles. The Labute approximate surface area is 216 Å². The van der Waals surface area contributed by atoms with Crippen LogP contribution in [0.5, 0.6) is 0 Å². The number of sulfonamides is 1. The molecule has 0 aliphatic heterocycles. The van der Waals surface area contributed by atoms with E-state index in [0.29, 0.717) is 16.9 Å². The van der Waals surface area contributed by atoms with Crippen LogP contribution in [0.4, 0.5) is 11.4 Å². The third-order valence-corrected chi connectivity index (χ3v) is 8.08. The second kappa shape index (κ2) is 11.1. The van der Waals surface area contributed by atoms with Gasteiger partial charge >= 0.3 is 0 Å². The molecular formula is C27H28ClN3O4S. The molecule has 2 amide bonds. The molecule has 0 atom stereocenters. The summed E-state index contributed by atoms with van der Waals surface area (Å²) in [4.78, 5) is 25.8. The fourth-order valence-corrected chi connectivity index (χ4v) is 5.89. The number of para-hydroxylation sites is 2. The number of amides is 2. The van der Waals surface area contributed by atoms with Crippen molar-refractivity contribution >= 4 is 44.8 Å². The van der Waals surface area contributed by atoms with Gasteiger partial charge in [-0.15, -0.1) is 0 Å². The lowest BCUT2D eigenvalue weighted by Crippen LogP contribution is -2.36. The number of nitrogens with one attached hydrogen (secondary N) is 3. The molecule has 7 nitrogen and oxygen atoms in total. The van der Waals surface area contributed by atoms with E-state index in [1.807, 2.05) is 0 Å². The molecule has 3 aromatic carbocycles. The van der Waals surface area contributed by atoms with Crippen molar-refractivity contribution in [1.29, 1.82) is 0 Å². The molecule has 188 valence electrons. The van der Waals surface area contributed by atoms with Crippen molar-refractivity contribution in [3.8, 4) is 0 Å². The summed E-state index contributed by atoms with van der Waals surface area (Å²) in [6.07, 6.45) is 5.24. The summed E-state index contributed by atoms with van der Waals surface area (Å²) in [5, 5.41) is 5.79. The normalized spacial score (nSPS) is 14.2. The molecule has 0 saturated heterocycles. The predicted octanol–water partition coefficient (Wildman–Crippen LogP) is 5.76. The van der Waals surface area contributed by atoms with E-state index in [2.05, 4.69) is 15.4 Å². The minimum absolute atomic E-state index is 0.0140. The summed E-state index contributed by atoms with van der Waals surface area (Å²) >= 11 is 6.21. The van der Waals surface area contributed by atoms with Crippen LogP contribution in [0.2, 0.25) is 5.02 Å². The molecule has 1 aliphatic carbocycles. The van der Waals surface area contributed by atoms with Crippen molar-refractivity contribution < 1.29 is 18.0 Å². The molecule has 4 rings (SSSR count). The van der Waals surface area contributed by atoms with Gasteiger partial charge in [-0.3, -0.25) is 14.3 Å². The van der Waals surface area contributed by atoms with Crippen LogP contribution in [0.25, 0.3) is 0 Å². The maximum atomic E-state index is 13.1. The highest BCUT2D eigenvalue weighted by Crippen LogP contribution is 2.27. The molecule has 36 heavy (non-hydrogen) atoms. The number of carbonyl (C=O) groups is 2. The quantitative estimate of drug-likeness (QED) is 0.364. The number of benzene rings is 3. The van der Waals surface area contributed by atoms with Gasteiger partial charge in [0.05, 0.1) is 22.0 Å². The number of halogens is 1. The maximum Gasteiger partial charge on any atom is 0.263 e. The van der Waals surface area contributed by atoms with E-state index in [1.54, 1.807) is 55.5 Å². The summed E-state index contributed by atoms with van der Waals surface area (Å²) in [6.45, 7) is 1.78. The lowest BCUT2D eigenvalue weighted by molar-refractivity contribution is 0.0928. The average Bonchev–Trinajstić information content (AvgIpc) is 2.86. The first-order valence-corrected chi connectivity index (χ1v) is 13.7.